The van der Waals surface area contributed by atoms with E-state index in [0.717, 1.165) is 56.0 Å². The molecule has 4 heteroatoms. The molecule has 1 fully saturated rings. The average molecular weight is 398 g/mol. The lowest BCUT2D eigenvalue weighted by Crippen LogP contribution is -2.26. The highest BCUT2D eigenvalue weighted by molar-refractivity contribution is 5.48. The van der Waals surface area contributed by atoms with Crippen LogP contribution in [0.25, 0.3) is 0 Å². The molecule has 0 unspecified atom stereocenters. The lowest BCUT2D eigenvalue weighted by atomic mass is 9.98. The summed E-state index contributed by atoms with van der Waals surface area (Å²) in [6, 6.07) is 16.5. The number of benzene rings is 2. The molecule has 0 saturated carbocycles. The summed E-state index contributed by atoms with van der Waals surface area (Å²) in [5.41, 5.74) is 2.34. The van der Waals surface area contributed by atoms with E-state index in [0.29, 0.717) is 12.5 Å². The summed E-state index contributed by atoms with van der Waals surface area (Å²) in [7, 11) is 0. The van der Waals surface area contributed by atoms with Crippen molar-refractivity contribution in [3.8, 4) is 11.5 Å². The summed E-state index contributed by atoms with van der Waals surface area (Å²) in [6.45, 7) is 8.86. The molecule has 158 valence electrons. The van der Waals surface area contributed by atoms with E-state index < -0.39 is 0 Å². The van der Waals surface area contributed by atoms with Gasteiger partial charge in [-0.05, 0) is 55.4 Å². The first kappa shape index (κ1) is 21.5. The van der Waals surface area contributed by atoms with Gasteiger partial charge in [0.25, 0.3) is 0 Å². The second-order valence-electron chi connectivity index (χ2n) is 7.85. The quantitative estimate of drug-likeness (QED) is 0.503. The van der Waals surface area contributed by atoms with Gasteiger partial charge in [-0.25, -0.2) is 0 Å². The molecule has 1 heterocycles. The Hall–Kier alpha value is -2.20. The zero-order valence-electron chi connectivity index (χ0n) is 18.0. The van der Waals surface area contributed by atoms with Gasteiger partial charge in [-0.15, -0.1) is 0 Å². The Morgan fingerprint density at radius 2 is 1.97 bits per heavy atom. The molecule has 1 aliphatic rings. The van der Waals surface area contributed by atoms with Crippen LogP contribution in [0.4, 0.5) is 5.69 Å². The third kappa shape index (κ3) is 6.40. The zero-order chi connectivity index (χ0) is 20.5. The van der Waals surface area contributed by atoms with E-state index in [1.807, 2.05) is 12.1 Å². The minimum absolute atomic E-state index is 0.108. The number of nitrogens with one attached hydrogen (secondary N) is 1. The fourth-order valence-electron chi connectivity index (χ4n) is 3.56. The topological polar surface area (TPSA) is 39.7 Å². The number of ether oxygens (including phenoxy) is 3. The normalized spacial score (nSPS) is 18.2. The minimum Gasteiger partial charge on any atom is -0.491 e. The van der Waals surface area contributed by atoms with Crippen molar-refractivity contribution in [2.24, 2.45) is 0 Å². The molecular formula is C25H35NO3. The molecule has 0 spiro atoms. The highest BCUT2D eigenvalue weighted by Gasteiger charge is 2.16. The van der Waals surface area contributed by atoms with Crippen LogP contribution < -0.4 is 14.8 Å². The smallest absolute Gasteiger partial charge is 0.123 e. The van der Waals surface area contributed by atoms with Gasteiger partial charge in [0.1, 0.15) is 24.2 Å². The SMILES string of the molecule is CC[C@H](CNc1cccc(OC[C@H]2CCCO2)c1)Oc1ccccc1[C@H](C)CC. The molecular weight excluding hydrogens is 362 g/mol. The molecule has 0 bridgehead atoms. The van der Waals surface area contributed by atoms with Gasteiger partial charge in [-0.2, -0.15) is 0 Å². The third-order valence-corrected chi connectivity index (χ3v) is 5.64. The van der Waals surface area contributed by atoms with Crippen molar-refractivity contribution in [2.75, 3.05) is 25.1 Å². The first-order chi connectivity index (χ1) is 14.2. The Kier molecular flexibility index (Phi) is 8.24. The molecule has 0 radical (unpaired) electrons. The molecule has 1 aliphatic heterocycles. The Bertz CT molecular complexity index is 742. The Balaban J connectivity index is 1.55. The zero-order valence-corrected chi connectivity index (χ0v) is 18.0. The van der Waals surface area contributed by atoms with Crippen LogP contribution >= 0.6 is 0 Å². The third-order valence-electron chi connectivity index (χ3n) is 5.64. The van der Waals surface area contributed by atoms with Crippen LogP contribution in [0.15, 0.2) is 48.5 Å². The number of hydrogen-bond acceptors (Lipinski definition) is 4. The molecule has 3 rings (SSSR count). The van der Waals surface area contributed by atoms with Crippen LogP contribution in [0, 0.1) is 0 Å². The molecule has 1 N–H and O–H groups in total. The van der Waals surface area contributed by atoms with Crippen LogP contribution in [0.2, 0.25) is 0 Å². The molecule has 2 aromatic rings. The van der Waals surface area contributed by atoms with Crippen LogP contribution in [-0.4, -0.2) is 32.0 Å². The van der Waals surface area contributed by atoms with E-state index in [1.54, 1.807) is 0 Å². The predicted molar refractivity (Wildman–Crippen MR) is 119 cm³/mol. The summed E-state index contributed by atoms with van der Waals surface area (Å²) in [6.07, 6.45) is 4.61. The largest absolute Gasteiger partial charge is 0.491 e. The highest BCUT2D eigenvalue weighted by Crippen LogP contribution is 2.29. The van der Waals surface area contributed by atoms with Crippen molar-refractivity contribution in [2.45, 2.75) is 64.6 Å². The van der Waals surface area contributed by atoms with E-state index in [-0.39, 0.29) is 12.2 Å². The first-order valence-electron chi connectivity index (χ1n) is 11.0. The molecule has 3 atom stereocenters. The predicted octanol–water partition coefficient (Wildman–Crippen LogP) is 6.03. The maximum Gasteiger partial charge on any atom is 0.123 e. The highest BCUT2D eigenvalue weighted by atomic mass is 16.5. The molecule has 0 aliphatic carbocycles. The second kappa shape index (κ2) is 11.1. The molecule has 1 saturated heterocycles. The minimum atomic E-state index is 0.108. The van der Waals surface area contributed by atoms with Gasteiger partial charge < -0.3 is 19.5 Å². The summed E-state index contributed by atoms with van der Waals surface area (Å²) >= 11 is 0. The molecule has 0 aromatic heterocycles. The van der Waals surface area contributed by atoms with Gasteiger partial charge in [-0.3, -0.25) is 0 Å². The van der Waals surface area contributed by atoms with Gasteiger partial charge in [-0.1, -0.05) is 45.0 Å². The van der Waals surface area contributed by atoms with Crippen molar-refractivity contribution in [1.29, 1.82) is 0 Å². The Morgan fingerprint density at radius 3 is 2.72 bits per heavy atom. The average Bonchev–Trinajstić information content (AvgIpc) is 3.29. The Morgan fingerprint density at radius 1 is 1.10 bits per heavy atom. The van der Waals surface area contributed by atoms with Crippen LogP contribution in [-0.2, 0) is 4.74 Å². The molecule has 4 nitrogen and oxygen atoms in total. The lowest BCUT2D eigenvalue weighted by Gasteiger charge is -2.22. The molecule has 2 aromatic carbocycles. The van der Waals surface area contributed by atoms with Crippen molar-refractivity contribution < 1.29 is 14.2 Å². The fraction of sp³-hybridized carbons (Fsp3) is 0.520. The van der Waals surface area contributed by atoms with Crippen LogP contribution in [0.1, 0.15) is 57.9 Å². The maximum absolute atomic E-state index is 6.37. The van der Waals surface area contributed by atoms with Crippen LogP contribution in [0.3, 0.4) is 0 Å². The second-order valence-corrected chi connectivity index (χ2v) is 7.85. The first-order valence-corrected chi connectivity index (χ1v) is 11.0. The monoisotopic (exact) mass is 397 g/mol. The Labute approximate surface area is 175 Å². The summed E-state index contributed by atoms with van der Waals surface area (Å²) in [5, 5.41) is 3.51. The maximum atomic E-state index is 6.37. The van der Waals surface area contributed by atoms with Crippen LogP contribution in [0.5, 0.6) is 11.5 Å². The number of rotatable bonds is 11. The summed E-state index contributed by atoms with van der Waals surface area (Å²) in [5.74, 6) is 2.38. The summed E-state index contributed by atoms with van der Waals surface area (Å²) < 4.78 is 17.9. The van der Waals surface area contributed by atoms with Crippen molar-refractivity contribution in [3.63, 3.8) is 0 Å². The summed E-state index contributed by atoms with van der Waals surface area (Å²) in [4.78, 5) is 0. The molecule has 0 amide bonds. The van der Waals surface area contributed by atoms with Crippen molar-refractivity contribution in [1.82, 2.24) is 0 Å². The number of hydrogen-bond donors (Lipinski definition) is 1. The number of para-hydroxylation sites is 1. The van der Waals surface area contributed by atoms with Crippen molar-refractivity contribution >= 4 is 5.69 Å². The van der Waals surface area contributed by atoms with E-state index in [4.69, 9.17) is 14.2 Å². The lowest BCUT2D eigenvalue weighted by molar-refractivity contribution is 0.0680. The fourth-order valence-corrected chi connectivity index (χ4v) is 3.56. The van der Waals surface area contributed by atoms with Gasteiger partial charge in [0.15, 0.2) is 0 Å². The standard InChI is InChI=1S/C25H35NO3/c1-4-19(3)24-13-6-7-14-25(24)29-21(5-2)17-26-20-10-8-11-22(16-20)28-18-23-12-9-15-27-23/h6-8,10-11,13-14,16,19,21,23,26H,4-5,9,12,15,17-18H2,1-3H3/t19-,21-,23-/m1/s1. The van der Waals surface area contributed by atoms with Crippen molar-refractivity contribution in [3.05, 3.63) is 54.1 Å². The molecule has 29 heavy (non-hydrogen) atoms. The van der Waals surface area contributed by atoms with E-state index in [9.17, 15) is 0 Å². The van der Waals surface area contributed by atoms with E-state index >= 15 is 0 Å². The van der Waals surface area contributed by atoms with E-state index in [2.05, 4.69) is 62.5 Å². The number of anilines is 1. The van der Waals surface area contributed by atoms with E-state index in [1.165, 1.54) is 5.56 Å². The van der Waals surface area contributed by atoms with Gasteiger partial charge in [0.05, 0.1) is 12.6 Å². The van der Waals surface area contributed by atoms with Gasteiger partial charge in [0, 0.05) is 18.4 Å². The van der Waals surface area contributed by atoms with Gasteiger partial charge >= 0.3 is 0 Å². The van der Waals surface area contributed by atoms with Gasteiger partial charge in [0.2, 0.25) is 0 Å².